The van der Waals surface area contributed by atoms with E-state index in [0.717, 1.165) is 37.3 Å². The molecule has 1 saturated heterocycles. The molecular weight excluding hydrogens is 561 g/mol. The van der Waals surface area contributed by atoms with E-state index in [1.807, 2.05) is 16.7 Å². The topological polar surface area (TPSA) is 136 Å². The Morgan fingerprint density at radius 3 is 2.71 bits per heavy atom. The summed E-state index contributed by atoms with van der Waals surface area (Å²) in [7, 11) is 1.70. The summed E-state index contributed by atoms with van der Waals surface area (Å²) in [5.74, 6) is 6.10. The predicted octanol–water partition coefficient (Wildman–Crippen LogP) is 4.49. The molecule has 0 amide bonds. The first kappa shape index (κ1) is 29.3. The molecule has 0 aliphatic carbocycles. The fraction of sp³-hybridized carbons (Fsp3) is 0.300. The number of benzene rings is 2. The van der Waals surface area contributed by atoms with Crippen LogP contribution in [0.3, 0.4) is 0 Å². The number of halogens is 2. The van der Waals surface area contributed by atoms with Gasteiger partial charge < -0.3 is 25.2 Å². The van der Waals surface area contributed by atoms with Gasteiger partial charge in [-0.1, -0.05) is 23.7 Å². The van der Waals surface area contributed by atoms with Gasteiger partial charge in [0.2, 0.25) is 5.88 Å². The normalized spacial score (nSPS) is 14.8. The molecule has 4 aromatic rings. The van der Waals surface area contributed by atoms with E-state index in [9.17, 15) is 14.3 Å². The van der Waals surface area contributed by atoms with E-state index in [-0.39, 0.29) is 18.1 Å². The molecule has 0 radical (unpaired) electrons. The van der Waals surface area contributed by atoms with Crippen LogP contribution in [0, 0.1) is 5.82 Å². The van der Waals surface area contributed by atoms with Gasteiger partial charge in [0.1, 0.15) is 18.2 Å². The number of fused-ring (bicyclic) bond motifs is 1. The van der Waals surface area contributed by atoms with Gasteiger partial charge in [0.05, 0.1) is 35.4 Å². The van der Waals surface area contributed by atoms with Gasteiger partial charge in [-0.25, -0.2) is 25.0 Å². The maximum absolute atomic E-state index is 14.3. The van der Waals surface area contributed by atoms with Crippen LogP contribution >= 0.6 is 11.6 Å². The molecule has 0 spiro atoms. The number of allylic oxidation sites excluding steroid dienone is 1. The lowest BCUT2D eigenvalue weighted by atomic mass is 9.90. The fourth-order valence-electron chi connectivity index (χ4n) is 5.27. The third kappa shape index (κ3) is 6.48. The highest BCUT2D eigenvalue weighted by atomic mass is 35.5. The van der Waals surface area contributed by atoms with Crippen molar-refractivity contribution < 1.29 is 19.0 Å². The Hall–Kier alpha value is -4.19. The first-order chi connectivity index (χ1) is 20.2. The van der Waals surface area contributed by atoms with Crippen LogP contribution in [-0.2, 0) is 19.7 Å². The second-order valence-corrected chi connectivity index (χ2v) is 10.8. The highest BCUT2D eigenvalue weighted by Crippen LogP contribution is 2.34. The number of likely N-dealkylation sites (N-methyl/N-ethyl adjacent to an activating group) is 1. The SMILES string of the molecule is CN(N)/C(=C\N)Cn1c(CN2CCC(c3cccnc3OCc3ccc(Cl)cc3F)CC2)nc2ccc(C(=O)O)cc21. The Labute approximate surface area is 247 Å². The molecule has 5 N–H and O–H groups in total. The molecule has 1 aliphatic rings. The highest BCUT2D eigenvalue weighted by Gasteiger charge is 2.26. The lowest BCUT2D eigenvalue weighted by molar-refractivity contribution is 0.0697. The molecule has 0 bridgehead atoms. The number of carbonyl (C=O) groups is 1. The van der Waals surface area contributed by atoms with Gasteiger partial charge in [-0.05, 0) is 68.2 Å². The first-order valence-electron chi connectivity index (χ1n) is 13.6. The van der Waals surface area contributed by atoms with Gasteiger partial charge in [0.25, 0.3) is 0 Å². The number of carboxylic acids is 1. The van der Waals surface area contributed by atoms with Crippen molar-refractivity contribution in [2.75, 3.05) is 20.1 Å². The molecule has 0 atom stereocenters. The zero-order valence-electron chi connectivity index (χ0n) is 23.2. The molecule has 1 fully saturated rings. The van der Waals surface area contributed by atoms with Crippen LogP contribution in [0.15, 0.2) is 66.6 Å². The number of nitrogens with zero attached hydrogens (tertiary/aromatic N) is 5. The largest absolute Gasteiger partial charge is 0.478 e. The number of ether oxygens (including phenoxy) is 1. The van der Waals surface area contributed by atoms with Crippen LogP contribution < -0.4 is 16.3 Å². The quantitative estimate of drug-likeness (QED) is 0.179. The molecule has 10 nitrogen and oxygen atoms in total. The highest BCUT2D eigenvalue weighted by molar-refractivity contribution is 6.30. The van der Waals surface area contributed by atoms with Crippen LogP contribution in [-0.4, -0.2) is 55.7 Å². The second kappa shape index (κ2) is 12.8. The van der Waals surface area contributed by atoms with Crippen LogP contribution in [0.1, 0.15) is 46.1 Å². The number of nitrogens with two attached hydrogens (primary N) is 2. The molecule has 2 aromatic carbocycles. The van der Waals surface area contributed by atoms with E-state index >= 15 is 0 Å². The van der Waals surface area contributed by atoms with Gasteiger partial charge in [-0.2, -0.15) is 0 Å². The zero-order valence-corrected chi connectivity index (χ0v) is 24.0. The van der Waals surface area contributed by atoms with Crippen molar-refractivity contribution in [3.63, 3.8) is 0 Å². The van der Waals surface area contributed by atoms with E-state index in [1.165, 1.54) is 17.3 Å². The number of hydrogen-bond acceptors (Lipinski definition) is 8. The number of imidazole rings is 1. The number of piperidine rings is 1. The molecule has 0 unspecified atom stereocenters. The number of aromatic carboxylic acids is 1. The summed E-state index contributed by atoms with van der Waals surface area (Å²) < 4.78 is 22.2. The molecule has 3 heterocycles. The summed E-state index contributed by atoms with van der Waals surface area (Å²) in [6.45, 7) is 2.60. The van der Waals surface area contributed by atoms with Crippen LogP contribution in [0.4, 0.5) is 4.39 Å². The van der Waals surface area contributed by atoms with Crippen molar-refractivity contribution in [3.05, 3.63) is 100.0 Å². The minimum absolute atomic E-state index is 0.0584. The Morgan fingerprint density at radius 1 is 1.24 bits per heavy atom. The monoisotopic (exact) mass is 593 g/mol. The van der Waals surface area contributed by atoms with Crippen molar-refractivity contribution in [2.24, 2.45) is 11.6 Å². The number of likely N-dealkylation sites (tertiary alicyclic amines) is 1. The average molecular weight is 594 g/mol. The summed E-state index contributed by atoms with van der Waals surface area (Å²) in [5, 5.41) is 11.3. The molecule has 1 aliphatic heterocycles. The van der Waals surface area contributed by atoms with E-state index in [4.69, 9.17) is 32.9 Å². The van der Waals surface area contributed by atoms with Crippen LogP contribution in [0.25, 0.3) is 11.0 Å². The second-order valence-electron chi connectivity index (χ2n) is 10.4. The number of carboxylic acid groups (broad SMARTS) is 1. The lowest BCUT2D eigenvalue weighted by Gasteiger charge is -2.32. The molecule has 220 valence electrons. The third-order valence-electron chi connectivity index (χ3n) is 7.61. The minimum atomic E-state index is -1.00. The maximum atomic E-state index is 14.3. The third-order valence-corrected chi connectivity index (χ3v) is 7.85. The lowest BCUT2D eigenvalue weighted by Crippen LogP contribution is -2.34. The van der Waals surface area contributed by atoms with E-state index < -0.39 is 11.8 Å². The average Bonchev–Trinajstić information content (AvgIpc) is 3.31. The first-order valence-corrected chi connectivity index (χ1v) is 14.0. The molecule has 42 heavy (non-hydrogen) atoms. The van der Waals surface area contributed by atoms with Crippen LogP contribution in [0.2, 0.25) is 5.02 Å². The number of pyridine rings is 1. The number of hydrazine groups is 1. The summed E-state index contributed by atoms with van der Waals surface area (Å²) in [5.41, 5.74) is 9.51. The zero-order chi connectivity index (χ0) is 29.8. The number of hydrogen-bond donors (Lipinski definition) is 3. The number of aromatic nitrogens is 3. The van der Waals surface area contributed by atoms with Gasteiger partial charge in [0, 0.05) is 35.6 Å². The molecule has 2 aromatic heterocycles. The van der Waals surface area contributed by atoms with Gasteiger partial charge >= 0.3 is 5.97 Å². The van der Waals surface area contributed by atoms with E-state index in [2.05, 4.69) is 9.88 Å². The maximum Gasteiger partial charge on any atom is 0.335 e. The van der Waals surface area contributed by atoms with Gasteiger partial charge in [0.15, 0.2) is 0 Å². The van der Waals surface area contributed by atoms with Crippen molar-refractivity contribution in [3.8, 4) is 5.88 Å². The Kier molecular flexibility index (Phi) is 8.91. The summed E-state index contributed by atoms with van der Waals surface area (Å²) in [6, 6.07) is 13.3. The summed E-state index contributed by atoms with van der Waals surface area (Å²) in [4.78, 5) is 23.3. The Bertz CT molecular complexity index is 1620. The van der Waals surface area contributed by atoms with E-state index in [1.54, 1.807) is 43.6 Å². The van der Waals surface area contributed by atoms with Crippen LogP contribution in [0.5, 0.6) is 5.88 Å². The molecule has 12 heteroatoms. The van der Waals surface area contributed by atoms with Crippen molar-refractivity contribution >= 4 is 28.6 Å². The van der Waals surface area contributed by atoms with Crippen molar-refractivity contribution in [1.82, 2.24) is 24.4 Å². The fourth-order valence-corrected chi connectivity index (χ4v) is 5.43. The molecule has 0 saturated carbocycles. The minimum Gasteiger partial charge on any atom is -0.478 e. The molecule has 5 rings (SSSR count). The Morgan fingerprint density at radius 2 is 2.02 bits per heavy atom. The van der Waals surface area contributed by atoms with E-state index in [0.29, 0.717) is 46.3 Å². The number of rotatable bonds is 10. The van der Waals surface area contributed by atoms with Crippen molar-refractivity contribution in [1.29, 1.82) is 0 Å². The summed E-state index contributed by atoms with van der Waals surface area (Å²) >= 11 is 5.87. The Balaban J connectivity index is 1.30. The predicted molar refractivity (Wildman–Crippen MR) is 158 cm³/mol. The smallest absolute Gasteiger partial charge is 0.335 e. The van der Waals surface area contributed by atoms with Crippen molar-refractivity contribution in [2.45, 2.75) is 38.5 Å². The standard InChI is InChI=1S/C30H33ClFN7O3/c1-37(34)23(15-33)16-39-27-13-20(30(40)41)5-7-26(27)36-28(39)17-38-11-8-19(9-12-38)24-3-2-10-35-29(24)42-18-21-4-6-22(31)14-25(21)32/h2-7,10,13-15,19H,8-9,11-12,16-18,33-34H2,1H3,(H,40,41)/b23-15-. The summed E-state index contributed by atoms with van der Waals surface area (Å²) in [6.07, 6.45) is 4.87. The molecular formula is C30H33ClFN7O3. The van der Waals surface area contributed by atoms with Gasteiger partial charge in [-0.15, -0.1) is 0 Å². The van der Waals surface area contributed by atoms with Gasteiger partial charge in [-0.3, -0.25) is 4.90 Å².